The summed E-state index contributed by atoms with van der Waals surface area (Å²) in [5.41, 5.74) is 1.01. The lowest BCUT2D eigenvalue weighted by Gasteiger charge is -2.33. The second-order valence-corrected chi connectivity index (χ2v) is 9.47. The van der Waals surface area contributed by atoms with E-state index in [9.17, 15) is 13.2 Å². The molecule has 1 saturated heterocycles. The quantitative estimate of drug-likeness (QED) is 0.584. The van der Waals surface area contributed by atoms with Gasteiger partial charge in [-0.3, -0.25) is 4.79 Å². The van der Waals surface area contributed by atoms with Crippen LogP contribution in [0.25, 0.3) is 11.3 Å². The van der Waals surface area contributed by atoms with E-state index in [-0.39, 0.29) is 52.7 Å². The van der Waals surface area contributed by atoms with Gasteiger partial charge in [0, 0.05) is 37.8 Å². The maximum absolute atomic E-state index is 12.9. The zero-order chi connectivity index (χ0) is 21.3. The van der Waals surface area contributed by atoms with Crippen LogP contribution in [-0.4, -0.2) is 54.9 Å². The molecule has 156 valence electrons. The van der Waals surface area contributed by atoms with Crippen LogP contribution in [0.5, 0.6) is 0 Å². The van der Waals surface area contributed by atoms with Gasteiger partial charge in [0.15, 0.2) is 11.5 Å². The zero-order valence-corrected chi connectivity index (χ0v) is 18.0. The van der Waals surface area contributed by atoms with E-state index in [0.717, 1.165) is 5.56 Å². The molecule has 10 heteroatoms. The van der Waals surface area contributed by atoms with E-state index < -0.39 is 10.0 Å². The Hall–Kier alpha value is -2.39. The Morgan fingerprint density at radius 3 is 2.30 bits per heavy atom. The molecule has 1 fully saturated rings. The number of sulfonamides is 1. The van der Waals surface area contributed by atoms with Crippen molar-refractivity contribution in [3.05, 3.63) is 70.3 Å². The van der Waals surface area contributed by atoms with Crippen molar-refractivity contribution in [2.24, 2.45) is 0 Å². The average molecular weight is 466 g/mol. The first-order valence-corrected chi connectivity index (χ1v) is 11.3. The van der Waals surface area contributed by atoms with E-state index in [1.807, 2.05) is 30.3 Å². The van der Waals surface area contributed by atoms with E-state index in [1.54, 1.807) is 11.0 Å². The van der Waals surface area contributed by atoms with E-state index in [2.05, 4.69) is 5.16 Å². The van der Waals surface area contributed by atoms with E-state index >= 15 is 0 Å². The van der Waals surface area contributed by atoms with Gasteiger partial charge in [-0.1, -0.05) is 58.7 Å². The molecule has 30 heavy (non-hydrogen) atoms. The summed E-state index contributed by atoms with van der Waals surface area (Å²) in [5.74, 6) is 0.201. The SMILES string of the molecule is O=C(c1cc(-c2ccccc2)on1)N1CCN(S(=O)(=O)c2ccc(Cl)c(Cl)c2)CC1. The first kappa shape index (κ1) is 20.9. The summed E-state index contributed by atoms with van der Waals surface area (Å²) in [6, 6.07) is 15.1. The highest BCUT2D eigenvalue weighted by atomic mass is 35.5. The molecule has 3 aromatic rings. The van der Waals surface area contributed by atoms with Crippen molar-refractivity contribution < 1.29 is 17.7 Å². The topological polar surface area (TPSA) is 83.7 Å². The van der Waals surface area contributed by atoms with Crippen LogP contribution >= 0.6 is 23.2 Å². The van der Waals surface area contributed by atoms with Gasteiger partial charge in [0.2, 0.25) is 10.0 Å². The smallest absolute Gasteiger partial charge is 0.276 e. The zero-order valence-electron chi connectivity index (χ0n) is 15.7. The molecular weight excluding hydrogens is 449 g/mol. The van der Waals surface area contributed by atoms with Crippen molar-refractivity contribution in [1.82, 2.24) is 14.4 Å². The van der Waals surface area contributed by atoms with Gasteiger partial charge in [0.1, 0.15) is 0 Å². The first-order chi connectivity index (χ1) is 14.4. The fourth-order valence-electron chi connectivity index (χ4n) is 3.19. The minimum Gasteiger partial charge on any atom is -0.355 e. The number of hydrogen-bond acceptors (Lipinski definition) is 5. The van der Waals surface area contributed by atoms with Gasteiger partial charge < -0.3 is 9.42 Å². The third kappa shape index (κ3) is 4.09. The number of carbonyl (C=O) groups is 1. The summed E-state index contributed by atoms with van der Waals surface area (Å²) in [4.78, 5) is 14.4. The number of carbonyl (C=O) groups excluding carboxylic acids is 1. The highest BCUT2D eigenvalue weighted by Gasteiger charge is 2.31. The fraction of sp³-hybridized carbons (Fsp3) is 0.200. The molecule has 0 radical (unpaired) electrons. The van der Waals surface area contributed by atoms with E-state index in [1.165, 1.54) is 22.5 Å². The van der Waals surface area contributed by atoms with Crippen molar-refractivity contribution in [2.75, 3.05) is 26.2 Å². The Kier molecular flexibility index (Phi) is 5.84. The number of rotatable bonds is 4. The molecule has 0 atom stereocenters. The number of hydrogen-bond donors (Lipinski definition) is 0. The number of benzene rings is 2. The van der Waals surface area contributed by atoms with E-state index in [4.69, 9.17) is 27.7 Å². The molecule has 0 spiro atoms. The van der Waals surface area contributed by atoms with Crippen LogP contribution in [0, 0.1) is 0 Å². The van der Waals surface area contributed by atoms with Gasteiger partial charge >= 0.3 is 0 Å². The second-order valence-electron chi connectivity index (χ2n) is 6.71. The summed E-state index contributed by atoms with van der Waals surface area (Å²) in [6.45, 7) is 0.815. The fourth-order valence-corrected chi connectivity index (χ4v) is 5.01. The number of amides is 1. The van der Waals surface area contributed by atoms with E-state index in [0.29, 0.717) is 5.76 Å². The van der Waals surface area contributed by atoms with Crippen LogP contribution in [0.4, 0.5) is 0 Å². The summed E-state index contributed by atoms with van der Waals surface area (Å²) >= 11 is 11.8. The normalized spacial score (nSPS) is 15.3. The van der Waals surface area contributed by atoms with Crippen molar-refractivity contribution in [2.45, 2.75) is 4.90 Å². The van der Waals surface area contributed by atoms with Crippen molar-refractivity contribution in [1.29, 1.82) is 0 Å². The minimum atomic E-state index is -3.73. The standard InChI is InChI=1S/C20H17Cl2N3O4S/c21-16-7-6-15(12-17(16)22)30(27,28)25-10-8-24(9-11-25)20(26)18-13-19(29-23-18)14-4-2-1-3-5-14/h1-7,12-13H,8-11H2. The van der Waals surface area contributed by atoms with Gasteiger partial charge in [-0.2, -0.15) is 4.31 Å². The second kappa shape index (κ2) is 8.39. The number of nitrogens with zero attached hydrogens (tertiary/aromatic N) is 3. The maximum atomic E-state index is 12.9. The lowest BCUT2D eigenvalue weighted by molar-refractivity contribution is 0.0687. The Morgan fingerprint density at radius 1 is 0.933 bits per heavy atom. The average Bonchev–Trinajstić information content (AvgIpc) is 3.26. The van der Waals surface area contributed by atoms with Crippen LogP contribution in [0.2, 0.25) is 10.0 Å². The Bertz CT molecular complexity index is 1170. The molecule has 2 heterocycles. The van der Waals surface area contributed by atoms with Crippen molar-refractivity contribution in [3.63, 3.8) is 0 Å². The molecule has 1 amide bonds. The molecule has 0 N–H and O–H groups in total. The van der Waals surface area contributed by atoms with Crippen LogP contribution in [0.1, 0.15) is 10.5 Å². The number of halogens is 2. The highest BCUT2D eigenvalue weighted by molar-refractivity contribution is 7.89. The molecule has 1 aromatic heterocycles. The molecule has 0 saturated carbocycles. The third-order valence-corrected chi connectivity index (χ3v) is 7.48. The molecule has 4 rings (SSSR count). The summed E-state index contributed by atoms with van der Waals surface area (Å²) < 4.78 is 32.3. The Balaban J connectivity index is 1.43. The summed E-state index contributed by atoms with van der Waals surface area (Å²) in [7, 11) is -3.73. The lowest BCUT2D eigenvalue weighted by atomic mass is 10.1. The molecule has 1 aliphatic rings. The van der Waals surface area contributed by atoms with Gasteiger partial charge in [0.25, 0.3) is 5.91 Å². The summed E-state index contributed by atoms with van der Waals surface area (Å²) in [6.07, 6.45) is 0. The van der Waals surface area contributed by atoms with Gasteiger partial charge in [-0.15, -0.1) is 0 Å². The summed E-state index contributed by atoms with van der Waals surface area (Å²) in [5, 5.41) is 4.33. The predicted molar refractivity (Wildman–Crippen MR) is 113 cm³/mol. The lowest BCUT2D eigenvalue weighted by Crippen LogP contribution is -2.50. The molecule has 0 unspecified atom stereocenters. The number of piperazine rings is 1. The molecule has 0 aliphatic carbocycles. The van der Waals surface area contributed by atoms with Crippen LogP contribution in [0.15, 0.2) is 64.0 Å². The first-order valence-electron chi connectivity index (χ1n) is 9.13. The molecule has 1 aliphatic heterocycles. The molecular formula is C20H17Cl2N3O4S. The highest BCUT2D eigenvalue weighted by Crippen LogP contribution is 2.27. The molecule has 2 aromatic carbocycles. The van der Waals surface area contributed by atoms with Gasteiger partial charge in [-0.05, 0) is 18.2 Å². The maximum Gasteiger partial charge on any atom is 0.276 e. The van der Waals surface area contributed by atoms with Crippen LogP contribution in [0.3, 0.4) is 0 Å². The molecule has 7 nitrogen and oxygen atoms in total. The number of aromatic nitrogens is 1. The Morgan fingerprint density at radius 2 is 1.63 bits per heavy atom. The Labute approximate surface area is 183 Å². The largest absolute Gasteiger partial charge is 0.355 e. The van der Waals surface area contributed by atoms with Gasteiger partial charge in [0.05, 0.1) is 14.9 Å². The van der Waals surface area contributed by atoms with Crippen molar-refractivity contribution >= 4 is 39.1 Å². The minimum absolute atomic E-state index is 0.0701. The monoisotopic (exact) mass is 465 g/mol. The van der Waals surface area contributed by atoms with Crippen LogP contribution in [-0.2, 0) is 10.0 Å². The third-order valence-electron chi connectivity index (χ3n) is 4.84. The van der Waals surface area contributed by atoms with Crippen molar-refractivity contribution in [3.8, 4) is 11.3 Å². The predicted octanol–water partition coefficient (Wildman–Crippen LogP) is 3.80. The molecule has 0 bridgehead atoms. The van der Waals surface area contributed by atoms with Gasteiger partial charge in [-0.25, -0.2) is 8.42 Å². The van der Waals surface area contributed by atoms with Crippen LogP contribution < -0.4 is 0 Å².